The molecular weight excluding hydrogens is 289 g/mol. The van der Waals surface area contributed by atoms with Crippen LogP contribution < -0.4 is 62.0 Å². The molecule has 0 saturated carbocycles. The third kappa shape index (κ3) is 6.35. The monoisotopic (exact) mass is 310 g/mol. The van der Waals surface area contributed by atoms with Crippen LogP contribution in [0.2, 0.25) is 0 Å². The average molecular weight is 310 g/mol. The molecule has 0 radical (unpaired) electrons. The summed E-state index contributed by atoms with van der Waals surface area (Å²) in [6, 6.07) is 0.478. The molecule has 3 N–H and O–H groups in total. The fraction of sp³-hybridized carbons (Fsp3) is 0.750. The number of urea groups is 1. The molecule has 5 nitrogen and oxygen atoms in total. The molecule has 0 aromatic carbocycles. The fourth-order valence-corrected chi connectivity index (χ4v) is 3.82. The largest absolute Gasteiger partial charge is 1.00 e. The van der Waals surface area contributed by atoms with E-state index >= 15 is 0 Å². The van der Waals surface area contributed by atoms with Crippen LogP contribution >= 0.6 is 11.8 Å². The van der Waals surface area contributed by atoms with Crippen molar-refractivity contribution in [2.45, 2.75) is 49.9 Å². The van der Waals surface area contributed by atoms with Gasteiger partial charge in [0.05, 0.1) is 12.1 Å². The zero-order chi connectivity index (χ0) is 13.5. The van der Waals surface area contributed by atoms with E-state index in [1.807, 2.05) is 11.8 Å². The van der Waals surface area contributed by atoms with Gasteiger partial charge < -0.3 is 28.1 Å². The third-order valence-corrected chi connectivity index (χ3v) is 4.59. The van der Waals surface area contributed by atoms with Crippen molar-refractivity contribution in [3.8, 4) is 0 Å². The van der Waals surface area contributed by atoms with E-state index in [4.69, 9.17) is 5.73 Å². The second-order valence-corrected chi connectivity index (χ2v) is 5.56. The van der Waals surface area contributed by atoms with Crippen LogP contribution in [-0.2, 0) is 4.79 Å². The van der Waals surface area contributed by atoms with Crippen molar-refractivity contribution in [1.82, 2.24) is 10.6 Å². The Kier molecular flexibility index (Phi) is 10.9. The number of carbonyl (C=O) groups excluding carboxylic acids is 2. The Labute approximate surface area is 162 Å². The molecule has 2 heterocycles. The molecular formula is C12H21KN3O2S-. The molecule has 3 unspecified atom stereocenters. The van der Waals surface area contributed by atoms with Gasteiger partial charge in [0.2, 0.25) is 0 Å². The van der Waals surface area contributed by atoms with Gasteiger partial charge in [-0.05, 0) is 19.3 Å². The fourth-order valence-electron chi connectivity index (χ4n) is 2.27. The van der Waals surface area contributed by atoms with E-state index in [1.54, 1.807) is 6.92 Å². The maximum absolute atomic E-state index is 11.1. The van der Waals surface area contributed by atoms with Crippen molar-refractivity contribution in [2.75, 3.05) is 5.75 Å². The van der Waals surface area contributed by atoms with E-state index in [-0.39, 0.29) is 69.5 Å². The summed E-state index contributed by atoms with van der Waals surface area (Å²) in [7, 11) is 0. The Bertz CT molecular complexity index is 305. The first-order valence-electron chi connectivity index (χ1n) is 6.30. The molecule has 3 amide bonds. The molecule has 7 heteroatoms. The van der Waals surface area contributed by atoms with Crippen molar-refractivity contribution in [3.63, 3.8) is 0 Å². The molecule has 0 spiro atoms. The molecule has 19 heavy (non-hydrogen) atoms. The number of hydrogen-bond donors (Lipinski definition) is 2. The zero-order valence-electron chi connectivity index (χ0n) is 11.7. The van der Waals surface area contributed by atoms with E-state index < -0.39 is 5.91 Å². The van der Waals surface area contributed by atoms with Gasteiger partial charge in [-0.15, -0.1) is 0 Å². The Morgan fingerprint density at radius 1 is 1.42 bits per heavy atom. The summed E-state index contributed by atoms with van der Waals surface area (Å²) in [6.45, 7) is 5.00. The van der Waals surface area contributed by atoms with Crippen LogP contribution in [0, 0.1) is 6.92 Å². The molecule has 2 aliphatic rings. The van der Waals surface area contributed by atoms with E-state index in [0.29, 0.717) is 11.7 Å². The number of rotatable bonds is 5. The number of thioether (sulfide) groups is 1. The van der Waals surface area contributed by atoms with Crippen molar-refractivity contribution in [3.05, 3.63) is 12.7 Å². The maximum Gasteiger partial charge on any atom is 1.00 e. The smallest absolute Gasteiger partial charge is 0.668 e. The van der Waals surface area contributed by atoms with Crippen LogP contribution in [0.1, 0.15) is 32.6 Å². The third-order valence-electron chi connectivity index (χ3n) is 3.08. The van der Waals surface area contributed by atoms with E-state index in [1.165, 1.54) is 0 Å². The number of nitrogens with one attached hydrogen (secondary N) is 3. The normalized spacial score (nSPS) is 27.3. The SMILES string of the molecule is [CH2-]C.[K+].[NH-]C(=O)CCCCC1SCC2NC(=O)NC21. The molecule has 2 fully saturated rings. The quantitative estimate of drug-likeness (QED) is 0.300. The molecule has 0 bridgehead atoms. The van der Waals surface area contributed by atoms with E-state index in [9.17, 15) is 9.59 Å². The standard InChI is InChI=1S/C10H17N3O2S.C2H5.K/c11-8(14)4-2-1-3-7-9-6(5-16-7)12-10(15)13-9;1-2;/h6-7,9H,1-5H2,(H4,11,12,13,14,15);1H2,2H3;/q;-1;+1/p-1. The second-order valence-electron chi connectivity index (χ2n) is 4.29. The first-order valence-corrected chi connectivity index (χ1v) is 7.35. The minimum Gasteiger partial charge on any atom is -0.668 e. The Morgan fingerprint density at radius 2 is 2.11 bits per heavy atom. The van der Waals surface area contributed by atoms with Gasteiger partial charge in [-0.2, -0.15) is 18.7 Å². The minimum atomic E-state index is -0.479. The summed E-state index contributed by atoms with van der Waals surface area (Å²) in [4.78, 5) is 21.6. The van der Waals surface area contributed by atoms with Crippen LogP contribution in [0.5, 0.6) is 0 Å². The molecule has 2 rings (SSSR count). The summed E-state index contributed by atoms with van der Waals surface area (Å²) < 4.78 is 0. The molecule has 104 valence electrons. The van der Waals surface area contributed by atoms with Gasteiger partial charge in [-0.25, -0.2) is 4.79 Å². The first kappa shape index (κ1) is 19.7. The van der Waals surface area contributed by atoms with Crippen LogP contribution in [0.3, 0.4) is 0 Å². The van der Waals surface area contributed by atoms with E-state index in [2.05, 4.69) is 17.6 Å². The Balaban J connectivity index is 0.00000103. The predicted octanol–water partition coefficient (Wildman–Crippen LogP) is -0.865. The number of unbranched alkanes of at least 4 members (excludes halogenated alkanes) is 1. The molecule has 0 aliphatic carbocycles. The Morgan fingerprint density at radius 3 is 2.74 bits per heavy atom. The number of amides is 3. The molecule has 2 saturated heterocycles. The topological polar surface area (TPSA) is 82.0 Å². The van der Waals surface area contributed by atoms with Crippen LogP contribution in [0.15, 0.2) is 0 Å². The van der Waals surface area contributed by atoms with Crippen LogP contribution in [-0.4, -0.2) is 35.0 Å². The van der Waals surface area contributed by atoms with Gasteiger partial charge in [-0.1, -0.05) is 6.42 Å². The number of carbonyl (C=O) groups is 2. The summed E-state index contributed by atoms with van der Waals surface area (Å²) >= 11 is 1.89. The maximum atomic E-state index is 11.1. The zero-order valence-corrected chi connectivity index (χ0v) is 15.6. The average Bonchev–Trinajstić information content (AvgIpc) is 2.87. The van der Waals surface area contributed by atoms with Crippen molar-refractivity contribution in [2.24, 2.45) is 0 Å². The van der Waals surface area contributed by atoms with Gasteiger partial charge in [0.1, 0.15) is 0 Å². The summed E-state index contributed by atoms with van der Waals surface area (Å²) in [6.07, 6.45) is 3.12. The van der Waals surface area contributed by atoms with Gasteiger partial charge in [0.15, 0.2) is 0 Å². The molecule has 2 aliphatic heterocycles. The van der Waals surface area contributed by atoms with Gasteiger partial charge in [-0.3, -0.25) is 0 Å². The van der Waals surface area contributed by atoms with Crippen LogP contribution in [0.25, 0.3) is 5.73 Å². The number of fused-ring (bicyclic) bond motifs is 1. The Hall–Kier alpha value is 0.726. The van der Waals surface area contributed by atoms with Crippen molar-refractivity contribution < 1.29 is 61.0 Å². The predicted molar refractivity (Wildman–Crippen MR) is 74.3 cm³/mol. The molecule has 0 aromatic heterocycles. The molecule has 3 atom stereocenters. The van der Waals surface area contributed by atoms with Crippen molar-refractivity contribution in [1.29, 1.82) is 0 Å². The van der Waals surface area contributed by atoms with Crippen molar-refractivity contribution >= 4 is 23.7 Å². The van der Waals surface area contributed by atoms with Gasteiger partial charge in [0, 0.05) is 16.9 Å². The van der Waals surface area contributed by atoms with Crippen LogP contribution in [0.4, 0.5) is 4.79 Å². The summed E-state index contributed by atoms with van der Waals surface area (Å²) in [5.41, 5.74) is 6.80. The second kappa shape index (κ2) is 10.5. The minimum absolute atomic E-state index is 0. The van der Waals surface area contributed by atoms with E-state index in [0.717, 1.165) is 25.0 Å². The van der Waals surface area contributed by atoms with Gasteiger partial charge in [0.25, 0.3) is 0 Å². The summed E-state index contributed by atoms with van der Waals surface area (Å²) in [5, 5.41) is 6.30. The van der Waals surface area contributed by atoms with Gasteiger partial charge >= 0.3 is 57.4 Å². The summed E-state index contributed by atoms with van der Waals surface area (Å²) in [5.74, 6) is 0.499. The number of hydrogen-bond acceptors (Lipinski definition) is 3. The molecule has 0 aromatic rings. The first-order chi connectivity index (χ1) is 8.66.